The largest absolute Gasteiger partial charge is 0.466 e. The van der Waals surface area contributed by atoms with E-state index in [0.29, 0.717) is 81.7 Å². The SMILES string of the molecule is C#C.CCOC(=O)CCCCCCN(c1ccc(F)cn1)c1nc(C)ns1.Cc1nsc(Cl)n1.Cc1nsc(N(CCCCCCC(=O)NO)c2ccc(F)cn2)n1.Cc1nsc(Nc2ccc(F)cn2)n1.Fc1ccc(Br)nc1. The van der Waals surface area contributed by atoms with Crippen LogP contribution in [0.1, 0.15) is 94.4 Å². The van der Waals surface area contributed by atoms with Crippen molar-refractivity contribution in [3.63, 3.8) is 0 Å². The molecule has 30 heteroatoms. The average molecular weight is 1270 g/mol. The maximum Gasteiger partial charge on any atom is 0.305 e. The molecule has 0 saturated carbocycles. The Labute approximate surface area is 490 Å². The van der Waals surface area contributed by atoms with Crippen molar-refractivity contribution in [2.75, 3.05) is 34.8 Å². The van der Waals surface area contributed by atoms with Gasteiger partial charge in [0.2, 0.25) is 25.8 Å². The zero-order valence-electron chi connectivity index (χ0n) is 44.1. The first-order valence-corrected chi connectivity index (χ1v) is 28.5. The maximum atomic E-state index is 13.1. The number of nitrogens with zero attached hydrogens (tertiary/aromatic N) is 14. The Bertz CT molecular complexity index is 2960. The molecule has 0 aliphatic rings. The van der Waals surface area contributed by atoms with Gasteiger partial charge in [0.1, 0.15) is 68.6 Å². The van der Waals surface area contributed by atoms with Crippen LogP contribution in [0.25, 0.3) is 0 Å². The first kappa shape index (κ1) is 67.5. The predicted molar refractivity (Wildman–Crippen MR) is 308 cm³/mol. The lowest BCUT2D eigenvalue weighted by molar-refractivity contribution is -0.143. The highest BCUT2D eigenvalue weighted by molar-refractivity contribution is 9.10. The molecule has 8 rings (SSSR count). The minimum atomic E-state index is -0.380. The van der Waals surface area contributed by atoms with Crippen LogP contribution in [0.15, 0.2) is 77.9 Å². The molecule has 0 unspecified atom stereocenters. The highest BCUT2D eigenvalue weighted by Crippen LogP contribution is 2.28. The number of hydrogen-bond acceptors (Lipinski definition) is 23. The first-order valence-electron chi connectivity index (χ1n) is 24.2. The fourth-order valence-electron chi connectivity index (χ4n) is 6.09. The molecule has 0 bridgehead atoms. The number of terminal acetylenes is 1. The summed E-state index contributed by atoms with van der Waals surface area (Å²) < 4.78 is 73.0. The first-order chi connectivity index (χ1) is 38.5. The number of rotatable bonds is 21. The molecule has 8 aromatic heterocycles. The Morgan fingerprint density at radius 2 is 1.05 bits per heavy atom. The lowest BCUT2D eigenvalue weighted by Gasteiger charge is -2.20. The van der Waals surface area contributed by atoms with Gasteiger partial charge in [0.05, 0.1) is 31.4 Å². The van der Waals surface area contributed by atoms with E-state index in [0.717, 1.165) is 79.8 Å². The molecular formula is C50H58BrClF4N16O4S4. The third kappa shape index (κ3) is 27.9. The Hall–Kier alpha value is -6.81. The van der Waals surface area contributed by atoms with Gasteiger partial charge in [-0.25, -0.2) is 62.9 Å². The monoisotopic (exact) mass is 1260 g/mol. The van der Waals surface area contributed by atoms with Gasteiger partial charge >= 0.3 is 5.97 Å². The van der Waals surface area contributed by atoms with Crippen LogP contribution in [0.2, 0.25) is 4.47 Å². The lowest BCUT2D eigenvalue weighted by Crippen LogP contribution is -2.20. The highest BCUT2D eigenvalue weighted by atomic mass is 79.9. The zero-order valence-corrected chi connectivity index (χ0v) is 49.7. The number of ether oxygens (including phenoxy) is 1. The molecule has 8 aromatic rings. The van der Waals surface area contributed by atoms with Gasteiger partial charge in [0.25, 0.3) is 0 Å². The lowest BCUT2D eigenvalue weighted by atomic mass is 10.1. The van der Waals surface area contributed by atoms with Crippen molar-refractivity contribution in [2.45, 2.75) is 98.8 Å². The third-order valence-corrected chi connectivity index (χ3v) is 13.4. The second-order valence-electron chi connectivity index (χ2n) is 15.9. The van der Waals surface area contributed by atoms with Gasteiger partial charge in [-0.15, -0.1) is 12.8 Å². The van der Waals surface area contributed by atoms with Crippen LogP contribution in [-0.2, 0) is 14.3 Å². The van der Waals surface area contributed by atoms with Crippen LogP contribution in [0.3, 0.4) is 0 Å². The summed E-state index contributed by atoms with van der Waals surface area (Å²) in [5.41, 5.74) is 1.62. The summed E-state index contributed by atoms with van der Waals surface area (Å²) in [6.07, 6.45) is 20.6. The molecule has 428 valence electrons. The Kier molecular flexibility index (Phi) is 32.7. The molecular weight excluding hydrogens is 1210 g/mol. The Balaban J connectivity index is 0.000000280. The van der Waals surface area contributed by atoms with E-state index in [1.54, 1.807) is 36.7 Å². The molecule has 0 aromatic carbocycles. The summed E-state index contributed by atoms with van der Waals surface area (Å²) in [5, 5.41) is 13.5. The van der Waals surface area contributed by atoms with E-state index in [1.165, 1.54) is 82.8 Å². The van der Waals surface area contributed by atoms with Crippen molar-refractivity contribution in [2.24, 2.45) is 0 Å². The number of nitrogens with one attached hydrogen (secondary N) is 2. The van der Waals surface area contributed by atoms with Gasteiger partial charge in [-0.05, 0) is 148 Å². The third-order valence-electron chi connectivity index (χ3n) is 9.63. The molecule has 0 saturated heterocycles. The van der Waals surface area contributed by atoms with E-state index in [9.17, 15) is 27.2 Å². The number of anilines is 6. The summed E-state index contributed by atoms with van der Waals surface area (Å²) in [6, 6.07) is 11.8. The van der Waals surface area contributed by atoms with Gasteiger partial charge in [-0.2, -0.15) is 17.5 Å². The van der Waals surface area contributed by atoms with E-state index in [-0.39, 0.29) is 35.1 Å². The minimum Gasteiger partial charge on any atom is -0.466 e. The van der Waals surface area contributed by atoms with Gasteiger partial charge in [0.15, 0.2) is 0 Å². The van der Waals surface area contributed by atoms with Crippen LogP contribution < -0.4 is 20.6 Å². The topological polar surface area (TPSA) is 249 Å². The zero-order chi connectivity index (χ0) is 58.7. The van der Waals surface area contributed by atoms with Crippen molar-refractivity contribution in [1.29, 1.82) is 0 Å². The number of halogens is 6. The van der Waals surface area contributed by atoms with Crippen molar-refractivity contribution >= 4 is 118 Å². The van der Waals surface area contributed by atoms with Crippen LogP contribution in [0, 0.1) is 63.8 Å². The number of carbonyl (C=O) groups excluding carboxylic acids is 2. The Morgan fingerprint density at radius 1 is 0.600 bits per heavy atom. The van der Waals surface area contributed by atoms with Gasteiger partial charge in [-0.3, -0.25) is 14.8 Å². The van der Waals surface area contributed by atoms with Crippen molar-refractivity contribution < 1.29 is 37.1 Å². The summed E-state index contributed by atoms with van der Waals surface area (Å²) in [6.45, 7) is 10.9. The smallest absolute Gasteiger partial charge is 0.305 e. The fraction of sp³-hybridized carbons (Fsp3) is 0.360. The number of aryl methyl sites for hydroxylation is 4. The summed E-state index contributed by atoms with van der Waals surface area (Å²) in [7, 11) is 0. The van der Waals surface area contributed by atoms with E-state index in [1.807, 2.05) is 37.5 Å². The fourth-order valence-corrected chi connectivity index (χ4v) is 8.98. The normalized spacial score (nSPS) is 10.1. The number of pyridine rings is 4. The number of carbonyl (C=O) groups is 2. The second-order valence-corrected chi connectivity index (χ2v) is 20.3. The average Bonchev–Trinajstić information content (AvgIpc) is 4.28. The molecule has 20 nitrogen and oxygen atoms in total. The second kappa shape index (κ2) is 38.7. The predicted octanol–water partition coefficient (Wildman–Crippen LogP) is 12.9. The molecule has 0 spiro atoms. The Morgan fingerprint density at radius 3 is 1.41 bits per heavy atom. The van der Waals surface area contributed by atoms with Crippen molar-refractivity contribution in [3.8, 4) is 12.8 Å². The van der Waals surface area contributed by atoms with E-state index >= 15 is 0 Å². The minimum absolute atomic E-state index is 0.135. The van der Waals surface area contributed by atoms with Crippen molar-refractivity contribution in [1.82, 2.24) is 62.8 Å². The molecule has 0 aliphatic heterocycles. The number of aromatic nitrogens is 12. The van der Waals surface area contributed by atoms with Crippen LogP contribution >= 0.6 is 73.7 Å². The standard InChI is InChI=1S/C17H23FN4O2S.C15H20FN5O2S.C8H7FN4S.C5H3BrFN.C3H3ClN2S.C2H2/c1-3-24-16(23)8-6-4-5-7-11-22(17-20-13(2)21-25-17)15-10-9-14(18)12-19-15;1-11-18-15(24-20-11)21(13-8-7-12(16)10-17-13)9-5-3-2-4-6-14(22)19-23;1-5-11-8(14-13-5)12-7-3-2-6(9)4-10-7;6-5-2-1-4(7)3-8-5;1-2-5-3(4)7-6-2;1-2/h9-10,12H,3-8,11H2,1-2H3;7-8,10,23H,2-6,9H2,1H3,(H,19,22);2-4H,1H3,(H,10,11,12,13);1-3H;1H3;1-2H. The number of hydrogen-bond donors (Lipinski definition) is 3. The number of amides is 1. The van der Waals surface area contributed by atoms with E-state index in [4.69, 9.17) is 21.5 Å². The summed E-state index contributed by atoms with van der Waals surface area (Å²) in [5.74, 6) is 2.79. The molecule has 8 heterocycles. The molecule has 0 aliphatic carbocycles. The molecule has 3 N–H and O–H groups in total. The molecule has 0 fully saturated rings. The van der Waals surface area contributed by atoms with E-state index in [2.05, 4.69) is 91.5 Å². The highest BCUT2D eigenvalue weighted by Gasteiger charge is 2.17. The summed E-state index contributed by atoms with van der Waals surface area (Å²) in [4.78, 5) is 58.5. The van der Waals surface area contributed by atoms with Crippen LogP contribution in [-0.4, -0.2) is 94.1 Å². The molecule has 0 atom stereocenters. The van der Waals surface area contributed by atoms with Crippen molar-refractivity contribution in [3.05, 3.63) is 129 Å². The van der Waals surface area contributed by atoms with Crippen LogP contribution in [0.4, 0.5) is 50.4 Å². The molecule has 0 radical (unpaired) electrons. The summed E-state index contributed by atoms with van der Waals surface area (Å²) >= 11 is 13.5. The molecule has 80 heavy (non-hydrogen) atoms. The maximum absolute atomic E-state index is 13.1. The number of unbranched alkanes of at least 4 members (excludes halogenated alkanes) is 6. The number of hydroxylamine groups is 1. The van der Waals surface area contributed by atoms with Gasteiger partial charge in [0, 0.05) is 60.5 Å². The van der Waals surface area contributed by atoms with E-state index < -0.39 is 0 Å². The quantitative estimate of drug-likeness (QED) is 0.0115. The van der Waals surface area contributed by atoms with Gasteiger partial charge < -0.3 is 19.9 Å². The number of esters is 1. The molecule has 1 amide bonds. The van der Waals surface area contributed by atoms with Crippen LogP contribution in [0.5, 0.6) is 0 Å². The van der Waals surface area contributed by atoms with Gasteiger partial charge in [-0.1, -0.05) is 25.7 Å².